The Labute approximate surface area is 130 Å². The number of aryl methyl sites for hydroxylation is 1. The molecule has 1 aromatic carbocycles. The Morgan fingerprint density at radius 3 is 2.86 bits per heavy atom. The molecule has 0 saturated carbocycles. The van der Waals surface area contributed by atoms with Gasteiger partial charge in [-0.15, -0.1) is 0 Å². The lowest BCUT2D eigenvalue weighted by Crippen LogP contribution is -2.21. The molecule has 0 saturated heterocycles. The fourth-order valence-corrected chi connectivity index (χ4v) is 3.05. The molecular weight excluding hydrogens is 336 g/mol. The molecule has 3 rings (SSSR count). The monoisotopic (exact) mass is 350 g/mol. The van der Waals surface area contributed by atoms with E-state index in [0.29, 0.717) is 21.6 Å². The maximum absolute atomic E-state index is 12.2. The SMILES string of the molecule is COc1cc(-c2nc3c(c(=O)[nH]2)CCCC3)cc(Br)c1O. The van der Waals surface area contributed by atoms with Crippen LogP contribution in [0.4, 0.5) is 0 Å². The standard InChI is InChI=1S/C15H15BrN2O3/c1-21-12-7-8(6-10(16)13(12)19)14-17-11-5-3-2-4-9(11)15(20)18-14/h6-7,19H,2-5H2,1H3,(H,17,18,20). The van der Waals surface area contributed by atoms with Crippen molar-refractivity contribution < 1.29 is 9.84 Å². The summed E-state index contributed by atoms with van der Waals surface area (Å²) in [6, 6.07) is 3.37. The number of hydrogen-bond acceptors (Lipinski definition) is 4. The average Bonchev–Trinajstić information content (AvgIpc) is 2.50. The normalized spacial score (nSPS) is 13.8. The zero-order valence-corrected chi connectivity index (χ0v) is 13.2. The number of nitrogens with one attached hydrogen (secondary N) is 1. The van der Waals surface area contributed by atoms with Crippen molar-refractivity contribution in [3.63, 3.8) is 0 Å². The van der Waals surface area contributed by atoms with Crippen molar-refractivity contribution in [3.05, 3.63) is 38.2 Å². The van der Waals surface area contributed by atoms with E-state index in [0.717, 1.165) is 36.9 Å². The molecule has 0 spiro atoms. The van der Waals surface area contributed by atoms with Gasteiger partial charge in [0.2, 0.25) is 0 Å². The number of aromatic nitrogens is 2. The molecule has 2 aromatic rings. The van der Waals surface area contributed by atoms with Crippen molar-refractivity contribution in [3.8, 4) is 22.9 Å². The predicted molar refractivity (Wildman–Crippen MR) is 82.9 cm³/mol. The van der Waals surface area contributed by atoms with Crippen LogP contribution in [0.5, 0.6) is 11.5 Å². The molecular formula is C15H15BrN2O3. The summed E-state index contributed by atoms with van der Waals surface area (Å²) in [5.41, 5.74) is 2.30. The quantitative estimate of drug-likeness (QED) is 0.873. The molecule has 0 bridgehead atoms. The minimum Gasteiger partial charge on any atom is -0.503 e. The van der Waals surface area contributed by atoms with Crippen molar-refractivity contribution in [2.45, 2.75) is 25.7 Å². The first-order valence-electron chi connectivity index (χ1n) is 6.79. The third-order valence-corrected chi connectivity index (χ3v) is 4.32. The van der Waals surface area contributed by atoms with Gasteiger partial charge in [0.1, 0.15) is 5.82 Å². The van der Waals surface area contributed by atoms with Gasteiger partial charge in [0, 0.05) is 11.1 Å². The summed E-state index contributed by atoms with van der Waals surface area (Å²) < 4.78 is 5.63. The van der Waals surface area contributed by atoms with E-state index < -0.39 is 0 Å². The van der Waals surface area contributed by atoms with E-state index in [1.165, 1.54) is 7.11 Å². The second-order valence-corrected chi connectivity index (χ2v) is 5.91. The first-order chi connectivity index (χ1) is 10.1. The number of halogens is 1. The highest BCUT2D eigenvalue weighted by atomic mass is 79.9. The van der Waals surface area contributed by atoms with Crippen LogP contribution in [0.2, 0.25) is 0 Å². The lowest BCUT2D eigenvalue weighted by Gasteiger charge is -2.15. The molecule has 110 valence electrons. The van der Waals surface area contributed by atoms with Gasteiger partial charge < -0.3 is 14.8 Å². The number of aromatic hydroxyl groups is 1. The third kappa shape index (κ3) is 2.55. The summed E-state index contributed by atoms with van der Waals surface area (Å²) in [5.74, 6) is 0.862. The van der Waals surface area contributed by atoms with Crippen LogP contribution in [0, 0.1) is 0 Å². The van der Waals surface area contributed by atoms with Crippen molar-refractivity contribution in [1.29, 1.82) is 0 Å². The molecule has 0 unspecified atom stereocenters. The van der Waals surface area contributed by atoms with Crippen LogP contribution < -0.4 is 10.3 Å². The predicted octanol–water partition coefficient (Wildman–Crippen LogP) is 2.79. The van der Waals surface area contributed by atoms with Gasteiger partial charge >= 0.3 is 0 Å². The maximum Gasteiger partial charge on any atom is 0.254 e. The van der Waals surface area contributed by atoms with Gasteiger partial charge in [0.25, 0.3) is 5.56 Å². The summed E-state index contributed by atoms with van der Waals surface area (Å²) in [4.78, 5) is 19.6. The highest BCUT2D eigenvalue weighted by Gasteiger charge is 2.17. The minimum absolute atomic E-state index is 0.0292. The fourth-order valence-electron chi connectivity index (χ4n) is 2.61. The van der Waals surface area contributed by atoms with Crippen LogP contribution in [-0.4, -0.2) is 22.2 Å². The number of aromatic amines is 1. The second kappa shape index (κ2) is 5.52. The van der Waals surface area contributed by atoms with Gasteiger partial charge in [-0.05, 0) is 53.7 Å². The zero-order valence-electron chi connectivity index (χ0n) is 11.6. The van der Waals surface area contributed by atoms with Crippen molar-refractivity contribution >= 4 is 15.9 Å². The number of rotatable bonds is 2. The Hall–Kier alpha value is -1.82. The van der Waals surface area contributed by atoms with Crippen LogP contribution in [0.25, 0.3) is 11.4 Å². The number of fused-ring (bicyclic) bond motifs is 1. The number of ether oxygens (including phenoxy) is 1. The van der Waals surface area contributed by atoms with E-state index >= 15 is 0 Å². The minimum atomic E-state index is -0.0714. The number of methoxy groups -OCH3 is 1. The number of phenolic OH excluding ortho intramolecular Hbond substituents is 1. The zero-order chi connectivity index (χ0) is 15.0. The van der Waals surface area contributed by atoms with Crippen LogP contribution in [0.15, 0.2) is 21.4 Å². The van der Waals surface area contributed by atoms with E-state index in [1.54, 1.807) is 12.1 Å². The molecule has 1 aromatic heterocycles. The first-order valence-corrected chi connectivity index (χ1v) is 7.58. The fraction of sp³-hybridized carbons (Fsp3) is 0.333. The summed E-state index contributed by atoms with van der Waals surface area (Å²) in [7, 11) is 1.48. The number of nitrogens with zero attached hydrogens (tertiary/aromatic N) is 1. The molecule has 5 nitrogen and oxygen atoms in total. The molecule has 1 aliphatic rings. The van der Waals surface area contributed by atoms with Gasteiger partial charge in [-0.25, -0.2) is 4.98 Å². The molecule has 0 radical (unpaired) electrons. The van der Waals surface area contributed by atoms with Gasteiger partial charge in [0.05, 0.1) is 17.3 Å². The van der Waals surface area contributed by atoms with Gasteiger partial charge in [-0.1, -0.05) is 0 Å². The Balaban J connectivity index is 2.15. The highest BCUT2D eigenvalue weighted by Crippen LogP contribution is 2.37. The first kappa shape index (κ1) is 14.1. The molecule has 2 N–H and O–H groups in total. The lowest BCUT2D eigenvalue weighted by atomic mass is 9.97. The molecule has 1 heterocycles. The summed E-state index contributed by atoms with van der Waals surface area (Å²) in [6.07, 6.45) is 3.73. The summed E-state index contributed by atoms with van der Waals surface area (Å²) in [6.45, 7) is 0. The molecule has 0 amide bonds. The topological polar surface area (TPSA) is 75.2 Å². The largest absolute Gasteiger partial charge is 0.503 e. The van der Waals surface area contributed by atoms with E-state index in [1.807, 2.05) is 0 Å². The Bertz CT molecular complexity index is 755. The van der Waals surface area contributed by atoms with Crippen LogP contribution >= 0.6 is 15.9 Å². The van der Waals surface area contributed by atoms with Gasteiger partial charge in [-0.3, -0.25) is 4.79 Å². The number of hydrogen-bond donors (Lipinski definition) is 2. The smallest absolute Gasteiger partial charge is 0.254 e. The molecule has 0 fully saturated rings. The summed E-state index contributed by atoms with van der Waals surface area (Å²) >= 11 is 3.28. The summed E-state index contributed by atoms with van der Waals surface area (Å²) in [5, 5.41) is 9.85. The molecule has 0 aliphatic heterocycles. The highest BCUT2D eigenvalue weighted by molar-refractivity contribution is 9.10. The van der Waals surface area contributed by atoms with Crippen molar-refractivity contribution in [2.75, 3.05) is 7.11 Å². The molecule has 21 heavy (non-hydrogen) atoms. The van der Waals surface area contributed by atoms with Crippen LogP contribution in [-0.2, 0) is 12.8 Å². The van der Waals surface area contributed by atoms with Crippen molar-refractivity contribution in [1.82, 2.24) is 9.97 Å². The number of benzene rings is 1. The number of phenols is 1. The maximum atomic E-state index is 12.2. The van der Waals surface area contributed by atoms with E-state index in [2.05, 4.69) is 25.9 Å². The Morgan fingerprint density at radius 1 is 1.33 bits per heavy atom. The van der Waals surface area contributed by atoms with E-state index in [9.17, 15) is 9.90 Å². The van der Waals surface area contributed by atoms with Crippen LogP contribution in [0.1, 0.15) is 24.1 Å². The molecule has 6 heteroatoms. The average molecular weight is 351 g/mol. The van der Waals surface area contributed by atoms with E-state index in [-0.39, 0.29) is 11.3 Å². The van der Waals surface area contributed by atoms with Gasteiger partial charge in [-0.2, -0.15) is 0 Å². The van der Waals surface area contributed by atoms with Gasteiger partial charge in [0.15, 0.2) is 11.5 Å². The van der Waals surface area contributed by atoms with E-state index in [4.69, 9.17) is 4.74 Å². The van der Waals surface area contributed by atoms with Crippen molar-refractivity contribution in [2.24, 2.45) is 0 Å². The Kier molecular flexibility index (Phi) is 3.71. The lowest BCUT2D eigenvalue weighted by molar-refractivity contribution is 0.372. The van der Waals surface area contributed by atoms with Crippen LogP contribution in [0.3, 0.4) is 0 Å². The second-order valence-electron chi connectivity index (χ2n) is 5.06. The molecule has 1 aliphatic carbocycles. The third-order valence-electron chi connectivity index (χ3n) is 3.71. The number of H-pyrrole nitrogens is 1. The molecule has 0 atom stereocenters. The Morgan fingerprint density at radius 2 is 2.10 bits per heavy atom.